The van der Waals surface area contributed by atoms with Gasteiger partial charge in [-0.1, -0.05) is 6.07 Å². The molecule has 0 amide bonds. The van der Waals surface area contributed by atoms with Gasteiger partial charge in [0.05, 0.1) is 5.56 Å². The number of nitrogen functional groups attached to an aromatic ring is 1. The van der Waals surface area contributed by atoms with Crippen LogP contribution in [0.1, 0.15) is 11.1 Å². The molecule has 1 aromatic carbocycles. The molecule has 0 bridgehead atoms. The fourth-order valence-electron chi connectivity index (χ4n) is 1.73. The van der Waals surface area contributed by atoms with Crippen molar-refractivity contribution in [1.82, 2.24) is 4.98 Å². The lowest BCUT2D eigenvalue weighted by atomic mass is 9.99. The number of hydrogen-bond donors (Lipinski definition) is 1. The van der Waals surface area contributed by atoms with E-state index in [9.17, 15) is 13.2 Å². The number of benzene rings is 1. The second kappa shape index (κ2) is 4.33. The summed E-state index contributed by atoms with van der Waals surface area (Å²) >= 11 is 0. The van der Waals surface area contributed by atoms with E-state index in [2.05, 4.69) is 4.98 Å². The topological polar surface area (TPSA) is 38.9 Å². The quantitative estimate of drug-likeness (QED) is 0.786. The van der Waals surface area contributed by atoms with Crippen molar-refractivity contribution in [1.29, 1.82) is 0 Å². The summed E-state index contributed by atoms with van der Waals surface area (Å²) in [7, 11) is 0. The SMILES string of the molecule is Cc1ccncc1-c1ccc(C(F)(F)F)cc1N. The number of aromatic nitrogens is 1. The molecule has 0 aliphatic carbocycles. The molecule has 0 spiro atoms. The molecule has 2 rings (SSSR count). The van der Waals surface area contributed by atoms with Gasteiger partial charge in [0, 0.05) is 29.2 Å². The van der Waals surface area contributed by atoms with E-state index in [1.165, 1.54) is 6.07 Å². The Bertz CT molecular complexity index is 577. The molecule has 0 aliphatic heterocycles. The fraction of sp³-hybridized carbons (Fsp3) is 0.154. The Labute approximate surface area is 102 Å². The van der Waals surface area contributed by atoms with E-state index in [4.69, 9.17) is 5.73 Å². The average molecular weight is 252 g/mol. The van der Waals surface area contributed by atoms with Crippen LogP contribution >= 0.6 is 0 Å². The molecule has 0 radical (unpaired) electrons. The second-order valence-electron chi connectivity index (χ2n) is 3.99. The Kier molecular flexibility index (Phi) is 2.98. The molecule has 0 atom stereocenters. The van der Waals surface area contributed by atoms with Gasteiger partial charge in [-0.2, -0.15) is 13.2 Å². The molecular weight excluding hydrogens is 241 g/mol. The van der Waals surface area contributed by atoms with E-state index in [0.29, 0.717) is 5.56 Å². The molecule has 0 unspecified atom stereocenters. The predicted molar refractivity (Wildman–Crippen MR) is 63.8 cm³/mol. The molecule has 2 N–H and O–H groups in total. The van der Waals surface area contributed by atoms with Gasteiger partial charge >= 0.3 is 6.18 Å². The van der Waals surface area contributed by atoms with Gasteiger partial charge in [-0.05, 0) is 30.7 Å². The van der Waals surface area contributed by atoms with E-state index < -0.39 is 11.7 Å². The first kappa shape index (κ1) is 12.4. The second-order valence-corrected chi connectivity index (χ2v) is 3.99. The van der Waals surface area contributed by atoms with E-state index in [0.717, 1.165) is 23.3 Å². The van der Waals surface area contributed by atoms with Gasteiger partial charge in [0.25, 0.3) is 0 Å². The van der Waals surface area contributed by atoms with Crippen molar-refractivity contribution >= 4 is 5.69 Å². The van der Waals surface area contributed by atoms with Crippen LogP contribution in [0, 0.1) is 6.92 Å². The maximum absolute atomic E-state index is 12.5. The summed E-state index contributed by atoms with van der Waals surface area (Å²) in [5, 5.41) is 0. The first-order valence-corrected chi connectivity index (χ1v) is 5.27. The van der Waals surface area contributed by atoms with Crippen LogP contribution in [-0.4, -0.2) is 4.98 Å². The highest BCUT2D eigenvalue weighted by atomic mass is 19.4. The van der Waals surface area contributed by atoms with Gasteiger partial charge in [-0.15, -0.1) is 0 Å². The van der Waals surface area contributed by atoms with Gasteiger partial charge in [-0.3, -0.25) is 4.98 Å². The van der Waals surface area contributed by atoms with Gasteiger partial charge in [0.2, 0.25) is 0 Å². The number of aryl methyl sites for hydroxylation is 1. The molecule has 0 saturated heterocycles. The number of nitrogens with zero attached hydrogens (tertiary/aromatic N) is 1. The van der Waals surface area contributed by atoms with E-state index in [-0.39, 0.29) is 5.69 Å². The minimum absolute atomic E-state index is 0.0981. The van der Waals surface area contributed by atoms with Crippen molar-refractivity contribution in [3.05, 3.63) is 47.8 Å². The van der Waals surface area contributed by atoms with E-state index >= 15 is 0 Å². The minimum Gasteiger partial charge on any atom is -0.398 e. The van der Waals surface area contributed by atoms with Crippen LogP contribution in [0.4, 0.5) is 18.9 Å². The largest absolute Gasteiger partial charge is 0.416 e. The summed E-state index contributed by atoms with van der Waals surface area (Å²) in [6.45, 7) is 1.86. The summed E-state index contributed by atoms with van der Waals surface area (Å²) in [6.07, 6.45) is -1.16. The van der Waals surface area contributed by atoms with Crippen molar-refractivity contribution < 1.29 is 13.2 Å². The molecule has 94 valence electrons. The fourth-order valence-corrected chi connectivity index (χ4v) is 1.73. The third-order valence-corrected chi connectivity index (χ3v) is 2.71. The number of hydrogen-bond acceptors (Lipinski definition) is 2. The van der Waals surface area contributed by atoms with Crippen molar-refractivity contribution in [3.63, 3.8) is 0 Å². The zero-order valence-electron chi connectivity index (χ0n) is 9.62. The zero-order chi connectivity index (χ0) is 13.3. The number of halogens is 3. The van der Waals surface area contributed by atoms with Gasteiger partial charge in [-0.25, -0.2) is 0 Å². The lowest BCUT2D eigenvalue weighted by Gasteiger charge is -2.12. The first-order valence-electron chi connectivity index (χ1n) is 5.27. The third kappa shape index (κ3) is 2.30. The third-order valence-electron chi connectivity index (χ3n) is 2.71. The molecule has 1 heterocycles. The monoisotopic (exact) mass is 252 g/mol. The first-order chi connectivity index (χ1) is 8.39. The Morgan fingerprint density at radius 3 is 2.39 bits per heavy atom. The van der Waals surface area contributed by atoms with Crippen molar-refractivity contribution in [2.24, 2.45) is 0 Å². The smallest absolute Gasteiger partial charge is 0.398 e. The number of pyridine rings is 1. The van der Waals surface area contributed by atoms with Gasteiger partial charge in [0.1, 0.15) is 0 Å². The highest BCUT2D eigenvalue weighted by Crippen LogP contribution is 2.35. The van der Waals surface area contributed by atoms with Crippen LogP contribution < -0.4 is 5.73 Å². The Hall–Kier alpha value is -2.04. The van der Waals surface area contributed by atoms with Gasteiger partial charge in [0.15, 0.2) is 0 Å². The standard InChI is InChI=1S/C13H11F3N2/c1-8-4-5-18-7-11(8)10-3-2-9(6-12(10)17)13(14,15)16/h2-7H,17H2,1H3. The average Bonchev–Trinajstić information content (AvgIpc) is 2.29. The van der Waals surface area contributed by atoms with E-state index in [1.54, 1.807) is 18.5 Å². The van der Waals surface area contributed by atoms with Crippen molar-refractivity contribution in [2.45, 2.75) is 13.1 Å². The van der Waals surface area contributed by atoms with Crippen LogP contribution in [0.25, 0.3) is 11.1 Å². The predicted octanol–water partition coefficient (Wildman–Crippen LogP) is 3.66. The molecule has 5 heteroatoms. The van der Waals surface area contributed by atoms with Gasteiger partial charge < -0.3 is 5.73 Å². The van der Waals surface area contributed by atoms with Crippen LogP contribution in [0.3, 0.4) is 0 Å². The zero-order valence-corrected chi connectivity index (χ0v) is 9.62. The lowest BCUT2D eigenvalue weighted by molar-refractivity contribution is -0.137. The lowest BCUT2D eigenvalue weighted by Crippen LogP contribution is -2.06. The van der Waals surface area contributed by atoms with Crippen molar-refractivity contribution in [3.8, 4) is 11.1 Å². The number of alkyl halides is 3. The molecule has 0 aliphatic rings. The maximum atomic E-state index is 12.5. The van der Waals surface area contributed by atoms with Crippen LogP contribution in [-0.2, 0) is 6.18 Å². The van der Waals surface area contributed by atoms with Crippen LogP contribution in [0.2, 0.25) is 0 Å². The number of rotatable bonds is 1. The minimum atomic E-state index is -4.38. The highest BCUT2D eigenvalue weighted by Gasteiger charge is 2.30. The molecule has 2 nitrogen and oxygen atoms in total. The number of anilines is 1. The molecular formula is C13H11F3N2. The molecule has 0 saturated carbocycles. The summed E-state index contributed by atoms with van der Waals surface area (Å²) in [4.78, 5) is 3.96. The Morgan fingerprint density at radius 1 is 1.11 bits per heavy atom. The molecule has 18 heavy (non-hydrogen) atoms. The van der Waals surface area contributed by atoms with Crippen LogP contribution in [0.5, 0.6) is 0 Å². The molecule has 1 aromatic heterocycles. The van der Waals surface area contributed by atoms with Crippen LogP contribution in [0.15, 0.2) is 36.7 Å². The summed E-state index contributed by atoms with van der Waals surface area (Å²) in [6, 6.07) is 5.13. The van der Waals surface area contributed by atoms with E-state index in [1.807, 2.05) is 6.92 Å². The summed E-state index contributed by atoms with van der Waals surface area (Å²) < 4.78 is 37.5. The molecule has 2 aromatic rings. The highest BCUT2D eigenvalue weighted by molar-refractivity contribution is 5.78. The maximum Gasteiger partial charge on any atom is 0.416 e. The molecule has 0 fully saturated rings. The van der Waals surface area contributed by atoms with Crippen molar-refractivity contribution in [2.75, 3.05) is 5.73 Å². The summed E-state index contributed by atoms with van der Waals surface area (Å²) in [5.41, 5.74) is 7.26. The number of nitrogens with two attached hydrogens (primary N) is 1. The normalized spacial score (nSPS) is 11.6. The Balaban J connectivity index is 2.52. The summed E-state index contributed by atoms with van der Waals surface area (Å²) in [5.74, 6) is 0. The Morgan fingerprint density at radius 2 is 1.83 bits per heavy atom.